The second-order valence-electron chi connectivity index (χ2n) is 4.95. The van der Waals surface area contributed by atoms with Gasteiger partial charge in [0, 0.05) is 9.61 Å². The van der Waals surface area contributed by atoms with E-state index >= 15 is 0 Å². The summed E-state index contributed by atoms with van der Waals surface area (Å²) >= 11 is 2.31. The van der Waals surface area contributed by atoms with Crippen molar-refractivity contribution in [2.45, 2.75) is 26.5 Å². The lowest BCUT2D eigenvalue weighted by molar-refractivity contribution is 0.304. The Bertz CT molecular complexity index is 566. The number of ether oxygens (including phenoxy) is 1. The van der Waals surface area contributed by atoms with Crippen LogP contribution in [0.2, 0.25) is 0 Å². The molecule has 2 rings (SSSR count). The fourth-order valence-corrected chi connectivity index (χ4v) is 2.37. The smallest absolute Gasteiger partial charge is 0.122 e. The lowest BCUT2D eigenvalue weighted by atomic mass is 10.1. The molecular formula is C17H20INO. The van der Waals surface area contributed by atoms with Crippen LogP contribution in [0, 0.1) is 10.5 Å². The van der Waals surface area contributed by atoms with E-state index in [1.165, 1.54) is 20.3 Å². The van der Waals surface area contributed by atoms with Gasteiger partial charge in [-0.15, -0.1) is 0 Å². The van der Waals surface area contributed by atoms with E-state index in [9.17, 15) is 0 Å². The van der Waals surface area contributed by atoms with Crippen molar-refractivity contribution in [1.29, 1.82) is 0 Å². The number of nitrogens with one attached hydrogen (secondary N) is 1. The first kappa shape index (κ1) is 15.3. The molecule has 0 aliphatic carbocycles. The molecule has 1 N–H and O–H groups in total. The van der Waals surface area contributed by atoms with Crippen molar-refractivity contribution in [1.82, 2.24) is 5.32 Å². The molecule has 2 aromatic carbocycles. The molecule has 2 nitrogen and oxygen atoms in total. The highest BCUT2D eigenvalue weighted by Gasteiger charge is 2.06. The molecule has 106 valence electrons. The fourth-order valence-electron chi connectivity index (χ4n) is 2.01. The van der Waals surface area contributed by atoms with E-state index < -0.39 is 0 Å². The minimum atomic E-state index is 0.360. The highest BCUT2D eigenvalue weighted by atomic mass is 127. The largest absolute Gasteiger partial charge is 0.489 e. The van der Waals surface area contributed by atoms with Crippen LogP contribution in [0.15, 0.2) is 42.5 Å². The van der Waals surface area contributed by atoms with Crippen LogP contribution in [0.1, 0.15) is 29.7 Å². The molecule has 0 heterocycles. The predicted molar refractivity (Wildman–Crippen MR) is 92.1 cm³/mol. The average Bonchev–Trinajstić information content (AvgIpc) is 2.46. The zero-order chi connectivity index (χ0) is 14.5. The van der Waals surface area contributed by atoms with Crippen LogP contribution in [-0.2, 0) is 6.61 Å². The first-order chi connectivity index (χ1) is 9.60. The maximum Gasteiger partial charge on any atom is 0.122 e. The molecule has 1 atom stereocenters. The van der Waals surface area contributed by atoms with Gasteiger partial charge in [-0.1, -0.05) is 24.3 Å². The number of benzene rings is 2. The van der Waals surface area contributed by atoms with Gasteiger partial charge in [-0.2, -0.15) is 0 Å². The second kappa shape index (κ2) is 7.09. The Kier molecular flexibility index (Phi) is 5.43. The summed E-state index contributed by atoms with van der Waals surface area (Å²) in [6, 6.07) is 15.1. The Morgan fingerprint density at radius 3 is 2.45 bits per heavy atom. The molecular weight excluding hydrogens is 361 g/mol. The van der Waals surface area contributed by atoms with Gasteiger partial charge in [0.2, 0.25) is 0 Å². The Hall–Kier alpha value is -1.07. The van der Waals surface area contributed by atoms with Gasteiger partial charge in [0.15, 0.2) is 0 Å². The van der Waals surface area contributed by atoms with Crippen LogP contribution < -0.4 is 10.1 Å². The van der Waals surface area contributed by atoms with E-state index in [1.54, 1.807) is 0 Å². The molecule has 0 fully saturated rings. The Balaban J connectivity index is 2.04. The lowest BCUT2D eigenvalue weighted by Crippen LogP contribution is -2.12. The van der Waals surface area contributed by atoms with Crippen molar-refractivity contribution in [2.24, 2.45) is 0 Å². The summed E-state index contributed by atoms with van der Waals surface area (Å²) < 4.78 is 7.15. The average molecular weight is 381 g/mol. The number of hydrogen-bond donors (Lipinski definition) is 1. The van der Waals surface area contributed by atoms with Crippen LogP contribution >= 0.6 is 22.6 Å². The lowest BCUT2D eigenvalue weighted by Gasteiger charge is -2.14. The van der Waals surface area contributed by atoms with Crippen LogP contribution in [0.3, 0.4) is 0 Å². The minimum absolute atomic E-state index is 0.360. The summed E-state index contributed by atoms with van der Waals surface area (Å²) in [5.74, 6) is 0.954. The molecule has 0 radical (unpaired) electrons. The van der Waals surface area contributed by atoms with Gasteiger partial charge in [0.1, 0.15) is 12.4 Å². The monoisotopic (exact) mass is 381 g/mol. The van der Waals surface area contributed by atoms with E-state index in [4.69, 9.17) is 4.74 Å². The summed E-state index contributed by atoms with van der Waals surface area (Å²) in [5, 5.41) is 3.25. The van der Waals surface area contributed by atoms with E-state index in [0.717, 1.165) is 5.75 Å². The van der Waals surface area contributed by atoms with Gasteiger partial charge in [0.05, 0.1) is 0 Å². The van der Waals surface area contributed by atoms with E-state index in [0.29, 0.717) is 12.6 Å². The predicted octanol–water partition coefficient (Wildman–Crippen LogP) is 4.46. The highest BCUT2D eigenvalue weighted by Crippen LogP contribution is 2.23. The first-order valence-electron chi connectivity index (χ1n) is 6.75. The fraction of sp³-hybridized carbons (Fsp3) is 0.294. The summed E-state index contributed by atoms with van der Waals surface area (Å²) in [6.07, 6.45) is 0. The van der Waals surface area contributed by atoms with Crippen LogP contribution in [0.5, 0.6) is 5.75 Å². The highest BCUT2D eigenvalue weighted by molar-refractivity contribution is 14.1. The molecule has 3 heteroatoms. The zero-order valence-corrected chi connectivity index (χ0v) is 14.3. The van der Waals surface area contributed by atoms with Crippen molar-refractivity contribution in [3.8, 4) is 5.75 Å². The van der Waals surface area contributed by atoms with Gasteiger partial charge < -0.3 is 10.1 Å². The van der Waals surface area contributed by atoms with Crippen molar-refractivity contribution in [3.63, 3.8) is 0 Å². The third-order valence-electron chi connectivity index (χ3n) is 3.44. The van der Waals surface area contributed by atoms with Crippen LogP contribution in [-0.4, -0.2) is 7.05 Å². The van der Waals surface area contributed by atoms with Gasteiger partial charge >= 0.3 is 0 Å². The topological polar surface area (TPSA) is 21.3 Å². The molecule has 0 spiro atoms. The van der Waals surface area contributed by atoms with Crippen LogP contribution in [0.4, 0.5) is 0 Å². The van der Waals surface area contributed by atoms with E-state index in [1.807, 2.05) is 7.05 Å². The molecule has 1 unspecified atom stereocenters. The molecule has 0 aromatic heterocycles. The third kappa shape index (κ3) is 3.96. The normalized spacial score (nSPS) is 12.2. The van der Waals surface area contributed by atoms with Gasteiger partial charge in [-0.3, -0.25) is 0 Å². The van der Waals surface area contributed by atoms with Crippen molar-refractivity contribution in [2.75, 3.05) is 7.05 Å². The van der Waals surface area contributed by atoms with E-state index in [-0.39, 0.29) is 0 Å². The molecule has 0 saturated heterocycles. The van der Waals surface area contributed by atoms with Crippen LogP contribution in [0.25, 0.3) is 0 Å². The number of hydrogen-bond acceptors (Lipinski definition) is 2. The van der Waals surface area contributed by atoms with Gasteiger partial charge in [-0.25, -0.2) is 0 Å². The Morgan fingerprint density at radius 2 is 1.85 bits per heavy atom. The summed E-state index contributed by atoms with van der Waals surface area (Å²) in [6.45, 7) is 4.86. The SMILES string of the molecule is CNC(C)c1ccc(OCc2ccc(I)cc2)c(C)c1. The number of rotatable bonds is 5. The van der Waals surface area contributed by atoms with Crippen molar-refractivity contribution in [3.05, 3.63) is 62.7 Å². The number of halogens is 1. The van der Waals surface area contributed by atoms with Crippen molar-refractivity contribution < 1.29 is 4.74 Å². The van der Waals surface area contributed by atoms with Crippen molar-refractivity contribution >= 4 is 22.6 Å². The quantitative estimate of drug-likeness (QED) is 0.773. The van der Waals surface area contributed by atoms with E-state index in [2.05, 4.69) is 84.2 Å². The molecule has 2 aromatic rings. The number of aryl methyl sites for hydroxylation is 1. The van der Waals surface area contributed by atoms with Gasteiger partial charge in [-0.05, 0) is 78.4 Å². The Morgan fingerprint density at radius 1 is 1.15 bits per heavy atom. The maximum absolute atomic E-state index is 5.91. The molecule has 0 bridgehead atoms. The summed E-state index contributed by atoms with van der Waals surface area (Å²) in [7, 11) is 1.97. The maximum atomic E-state index is 5.91. The molecule has 0 aliphatic heterocycles. The molecule has 0 saturated carbocycles. The Labute approximate surface area is 134 Å². The standard InChI is InChI=1S/C17H20INO/c1-12-10-15(13(2)19-3)6-9-17(12)20-11-14-4-7-16(18)8-5-14/h4-10,13,19H,11H2,1-3H3. The molecule has 0 aliphatic rings. The van der Waals surface area contributed by atoms with Gasteiger partial charge in [0.25, 0.3) is 0 Å². The first-order valence-corrected chi connectivity index (χ1v) is 7.83. The second-order valence-corrected chi connectivity index (χ2v) is 6.20. The minimum Gasteiger partial charge on any atom is -0.489 e. The summed E-state index contributed by atoms with van der Waals surface area (Å²) in [5.41, 5.74) is 3.65. The molecule has 20 heavy (non-hydrogen) atoms. The molecule has 0 amide bonds. The summed E-state index contributed by atoms with van der Waals surface area (Å²) in [4.78, 5) is 0. The third-order valence-corrected chi connectivity index (χ3v) is 4.16. The zero-order valence-electron chi connectivity index (χ0n) is 12.1.